The van der Waals surface area contributed by atoms with E-state index in [-0.39, 0.29) is 12.6 Å². The van der Waals surface area contributed by atoms with Crippen molar-refractivity contribution in [1.29, 1.82) is 0 Å². The summed E-state index contributed by atoms with van der Waals surface area (Å²) in [5.41, 5.74) is 1.51. The lowest BCUT2D eigenvalue weighted by Gasteiger charge is -2.30. The van der Waals surface area contributed by atoms with Crippen molar-refractivity contribution in [2.24, 2.45) is 13.0 Å². The van der Waals surface area contributed by atoms with Gasteiger partial charge in [-0.1, -0.05) is 0 Å². The number of carbonyl (C=O) groups is 2. The maximum absolute atomic E-state index is 12.3. The number of likely N-dealkylation sites (tertiary alicyclic amines) is 1. The van der Waals surface area contributed by atoms with E-state index >= 15 is 0 Å². The average Bonchev–Trinajstić information content (AvgIpc) is 3.02. The zero-order chi connectivity index (χ0) is 17.1. The van der Waals surface area contributed by atoms with Crippen molar-refractivity contribution in [2.75, 3.05) is 18.4 Å². The first-order valence-electron chi connectivity index (χ1n) is 7.78. The molecule has 2 N–H and O–H groups in total. The number of hydrogen-bond acceptors (Lipinski definition) is 4. The van der Waals surface area contributed by atoms with Gasteiger partial charge < -0.3 is 15.3 Å². The lowest BCUT2D eigenvalue weighted by atomic mass is 9.99. The molecule has 2 aromatic rings. The van der Waals surface area contributed by atoms with E-state index < -0.39 is 11.9 Å². The van der Waals surface area contributed by atoms with E-state index in [1.54, 1.807) is 35.1 Å². The lowest BCUT2D eigenvalue weighted by molar-refractivity contribution is -0.143. The largest absolute Gasteiger partial charge is 0.481 e. The number of carbonyl (C=O) groups excluding carboxylic acids is 1. The molecule has 0 spiro atoms. The van der Waals surface area contributed by atoms with Crippen LogP contribution in [0.3, 0.4) is 0 Å². The molecule has 2 amide bonds. The summed E-state index contributed by atoms with van der Waals surface area (Å²) in [5.74, 6) is -0.711. The Morgan fingerprint density at radius 1 is 1.29 bits per heavy atom. The number of piperidine rings is 1. The minimum atomic E-state index is -0.847. The summed E-state index contributed by atoms with van der Waals surface area (Å²) in [6, 6.07) is 6.96. The van der Waals surface area contributed by atoms with Gasteiger partial charge in [-0.3, -0.25) is 9.48 Å². The van der Waals surface area contributed by atoms with Crippen LogP contribution < -0.4 is 5.32 Å². The molecule has 1 aromatic carbocycles. The number of nitrogens with zero attached hydrogens (tertiary/aromatic N) is 4. The summed E-state index contributed by atoms with van der Waals surface area (Å²) in [4.78, 5) is 29.1. The Kier molecular flexibility index (Phi) is 4.45. The molecule has 1 saturated heterocycles. The number of aliphatic carboxylic acids is 1. The SMILES string of the molecule is Cn1cnc(-c2ccc(NC(=O)N3CCCC(C(=O)O)C3)cc2)n1. The third kappa shape index (κ3) is 3.53. The Bertz CT molecular complexity index is 740. The van der Waals surface area contributed by atoms with Crippen LogP contribution >= 0.6 is 0 Å². The molecule has 0 saturated carbocycles. The van der Waals surface area contributed by atoms with Crippen LogP contribution in [0.25, 0.3) is 11.4 Å². The van der Waals surface area contributed by atoms with Crippen molar-refractivity contribution >= 4 is 17.7 Å². The van der Waals surface area contributed by atoms with Crippen LogP contribution in [0.1, 0.15) is 12.8 Å². The second-order valence-electron chi connectivity index (χ2n) is 5.87. The van der Waals surface area contributed by atoms with Gasteiger partial charge in [-0.25, -0.2) is 9.78 Å². The molecule has 1 unspecified atom stereocenters. The highest BCUT2D eigenvalue weighted by atomic mass is 16.4. The van der Waals surface area contributed by atoms with Gasteiger partial charge in [0, 0.05) is 31.4 Å². The number of amides is 2. The highest BCUT2D eigenvalue weighted by Gasteiger charge is 2.28. The summed E-state index contributed by atoms with van der Waals surface area (Å²) < 4.78 is 1.63. The van der Waals surface area contributed by atoms with Gasteiger partial charge in [0.15, 0.2) is 5.82 Å². The average molecular weight is 329 g/mol. The number of urea groups is 1. The number of hydrogen-bond donors (Lipinski definition) is 2. The first kappa shape index (κ1) is 16.0. The highest BCUT2D eigenvalue weighted by molar-refractivity contribution is 5.90. The predicted octanol–water partition coefficient (Wildman–Crippen LogP) is 1.81. The maximum Gasteiger partial charge on any atom is 0.321 e. The fourth-order valence-electron chi connectivity index (χ4n) is 2.74. The van der Waals surface area contributed by atoms with Crippen LogP contribution in [-0.4, -0.2) is 49.9 Å². The topological polar surface area (TPSA) is 100 Å². The Labute approximate surface area is 139 Å². The Morgan fingerprint density at radius 3 is 2.67 bits per heavy atom. The molecule has 1 aliphatic rings. The smallest absolute Gasteiger partial charge is 0.321 e. The highest BCUT2D eigenvalue weighted by Crippen LogP contribution is 2.20. The Morgan fingerprint density at radius 2 is 2.04 bits per heavy atom. The van der Waals surface area contributed by atoms with E-state index in [1.165, 1.54) is 0 Å². The van der Waals surface area contributed by atoms with Crippen molar-refractivity contribution in [3.05, 3.63) is 30.6 Å². The lowest BCUT2D eigenvalue weighted by Crippen LogP contribution is -2.44. The molecule has 8 nitrogen and oxygen atoms in total. The molecule has 1 aromatic heterocycles. The molecule has 3 rings (SSSR count). The minimum absolute atomic E-state index is 0.247. The van der Waals surface area contributed by atoms with Crippen molar-refractivity contribution in [1.82, 2.24) is 19.7 Å². The first-order valence-corrected chi connectivity index (χ1v) is 7.78. The molecule has 1 aliphatic heterocycles. The molecular formula is C16H19N5O3. The summed E-state index contributed by atoms with van der Waals surface area (Å²) >= 11 is 0. The fourth-order valence-corrected chi connectivity index (χ4v) is 2.74. The van der Waals surface area contributed by atoms with Crippen LogP contribution in [0.5, 0.6) is 0 Å². The van der Waals surface area contributed by atoms with E-state index in [4.69, 9.17) is 5.11 Å². The van der Waals surface area contributed by atoms with Crippen molar-refractivity contribution in [3.63, 3.8) is 0 Å². The summed E-state index contributed by atoms with van der Waals surface area (Å²) in [6.07, 6.45) is 2.94. The van der Waals surface area contributed by atoms with E-state index in [9.17, 15) is 9.59 Å². The normalized spacial score (nSPS) is 17.5. The third-order valence-corrected chi connectivity index (χ3v) is 4.05. The summed E-state index contributed by atoms with van der Waals surface area (Å²) in [7, 11) is 1.80. The van der Waals surface area contributed by atoms with Gasteiger partial charge in [-0.05, 0) is 37.1 Å². The van der Waals surface area contributed by atoms with Gasteiger partial charge in [0.2, 0.25) is 0 Å². The molecule has 126 valence electrons. The molecule has 24 heavy (non-hydrogen) atoms. The number of rotatable bonds is 3. The molecular weight excluding hydrogens is 310 g/mol. The van der Waals surface area contributed by atoms with Crippen molar-refractivity contribution < 1.29 is 14.7 Å². The quantitative estimate of drug-likeness (QED) is 0.894. The van der Waals surface area contributed by atoms with Gasteiger partial charge in [-0.15, -0.1) is 0 Å². The predicted molar refractivity (Wildman–Crippen MR) is 87.4 cm³/mol. The van der Waals surface area contributed by atoms with Gasteiger partial charge >= 0.3 is 12.0 Å². The van der Waals surface area contributed by atoms with Gasteiger partial charge in [-0.2, -0.15) is 5.10 Å². The Hall–Kier alpha value is -2.90. The van der Waals surface area contributed by atoms with Crippen LogP contribution in [0.15, 0.2) is 30.6 Å². The number of aryl methyl sites for hydroxylation is 1. The van der Waals surface area contributed by atoms with Crippen molar-refractivity contribution in [2.45, 2.75) is 12.8 Å². The molecule has 8 heteroatoms. The molecule has 0 radical (unpaired) electrons. The van der Waals surface area contributed by atoms with E-state index in [0.29, 0.717) is 30.9 Å². The number of aromatic nitrogens is 3. The maximum atomic E-state index is 12.3. The zero-order valence-electron chi connectivity index (χ0n) is 13.3. The monoisotopic (exact) mass is 329 g/mol. The van der Waals surface area contributed by atoms with Crippen LogP contribution in [0.4, 0.5) is 10.5 Å². The van der Waals surface area contributed by atoms with E-state index in [2.05, 4.69) is 15.4 Å². The standard InChI is InChI=1S/C16H19N5O3/c1-20-10-17-14(19-20)11-4-6-13(7-5-11)18-16(24)21-8-2-3-12(9-21)15(22)23/h4-7,10,12H,2-3,8-9H2,1H3,(H,18,24)(H,22,23). The van der Waals surface area contributed by atoms with E-state index in [1.807, 2.05) is 12.1 Å². The van der Waals surface area contributed by atoms with Gasteiger partial charge in [0.25, 0.3) is 0 Å². The van der Waals surface area contributed by atoms with Crippen LogP contribution in [0, 0.1) is 5.92 Å². The minimum Gasteiger partial charge on any atom is -0.481 e. The van der Waals surface area contributed by atoms with Crippen LogP contribution in [-0.2, 0) is 11.8 Å². The van der Waals surface area contributed by atoms with Crippen LogP contribution in [0.2, 0.25) is 0 Å². The molecule has 1 fully saturated rings. The zero-order valence-corrected chi connectivity index (χ0v) is 13.3. The van der Waals surface area contributed by atoms with Gasteiger partial charge in [0.05, 0.1) is 5.92 Å². The fraction of sp³-hybridized carbons (Fsp3) is 0.375. The number of carboxylic acid groups (broad SMARTS) is 1. The first-order chi connectivity index (χ1) is 11.5. The second kappa shape index (κ2) is 6.69. The number of anilines is 1. The second-order valence-corrected chi connectivity index (χ2v) is 5.87. The summed E-state index contributed by atoms with van der Waals surface area (Å²) in [5, 5.41) is 16.1. The van der Waals surface area contributed by atoms with E-state index in [0.717, 1.165) is 5.56 Å². The van der Waals surface area contributed by atoms with Gasteiger partial charge in [0.1, 0.15) is 6.33 Å². The molecule has 0 bridgehead atoms. The Balaban J connectivity index is 1.63. The number of carboxylic acids is 1. The molecule has 1 atom stereocenters. The number of nitrogens with one attached hydrogen (secondary N) is 1. The van der Waals surface area contributed by atoms with Crippen molar-refractivity contribution in [3.8, 4) is 11.4 Å². The third-order valence-electron chi connectivity index (χ3n) is 4.05. The molecule has 2 heterocycles. The summed E-state index contributed by atoms with van der Waals surface area (Å²) in [6.45, 7) is 0.822. The molecule has 0 aliphatic carbocycles. The number of benzene rings is 1.